The van der Waals surface area contributed by atoms with Gasteiger partial charge in [-0.1, -0.05) is 38.1 Å². The smallest absolute Gasteiger partial charge is 0.267 e. The molecular formula is C23H30N4O4S. The first-order valence-corrected chi connectivity index (χ1v) is 11.8. The Morgan fingerprint density at radius 1 is 1.25 bits per heavy atom. The number of carbonyl (C=O) groups is 3. The molecule has 1 aliphatic heterocycles. The summed E-state index contributed by atoms with van der Waals surface area (Å²) in [6.07, 6.45) is 0.0856. The van der Waals surface area contributed by atoms with Gasteiger partial charge in [0.05, 0.1) is 22.2 Å². The number of rotatable bonds is 8. The molecule has 1 saturated heterocycles. The first-order valence-electron chi connectivity index (χ1n) is 10.9. The molecule has 2 atom stereocenters. The van der Waals surface area contributed by atoms with E-state index in [0.717, 1.165) is 21.7 Å². The number of aliphatic hydroxyl groups excluding tert-OH is 1. The van der Waals surface area contributed by atoms with Gasteiger partial charge < -0.3 is 20.6 Å². The number of aliphatic hydroxyl groups is 1. The molecule has 1 aliphatic rings. The van der Waals surface area contributed by atoms with Gasteiger partial charge in [0, 0.05) is 32.4 Å². The maximum absolute atomic E-state index is 13.3. The van der Waals surface area contributed by atoms with Crippen LogP contribution >= 0.6 is 11.3 Å². The van der Waals surface area contributed by atoms with Gasteiger partial charge in [-0.15, -0.1) is 11.3 Å². The zero-order valence-electron chi connectivity index (χ0n) is 18.7. The summed E-state index contributed by atoms with van der Waals surface area (Å²) in [5, 5.41) is 15.9. The Kier molecular flexibility index (Phi) is 7.63. The number of thiazole rings is 1. The van der Waals surface area contributed by atoms with Crippen LogP contribution in [0.3, 0.4) is 0 Å². The number of carbonyl (C=O) groups excluding carboxylic acids is 3. The number of hydrogen-bond donors (Lipinski definition) is 3. The van der Waals surface area contributed by atoms with Crippen LogP contribution in [0, 0.1) is 6.92 Å². The first-order chi connectivity index (χ1) is 15.3. The fourth-order valence-corrected chi connectivity index (χ4v) is 4.75. The van der Waals surface area contributed by atoms with Gasteiger partial charge in [-0.05, 0) is 24.5 Å². The Balaban J connectivity index is 1.77. The molecule has 1 fully saturated rings. The minimum absolute atomic E-state index is 0.0130. The summed E-state index contributed by atoms with van der Waals surface area (Å²) in [4.78, 5) is 45.0. The van der Waals surface area contributed by atoms with E-state index in [2.05, 4.69) is 15.6 Å². The molecule has 3 amide bonds. The standard InChI is InChI=1S/C23H30N4O4S/c1-4-6-20(30)27-13-18(28)11-23(27,26-19(29)5-2)22(31)24-12-16-7-9-17(10-8-16)21-15(3)25-14-32-21/h7-10,14,18,28H,4-6,11-13H2,1-3H3,(H,24,31)(H,26,29). The summed E-state index contributed by atoms with van der Waals surface area (Å²) in [7, 11) is 0. The average Bonchev–Trinajstić information content (AvgIpc) is 3.35. The Morgan fingerprint density at radius 2 is 1.97 bits per heavy atom. The Morgan fingerprint density at radius 3 is 2.56 bits per heavy atom. The van der Waals surface area contributed by atoms with E-state index >= 15 is 0 Å². The molecule has 0 saturated carbocycles. The van der Waals surface area contributed by atoms with Gasteiger partial charge in [-0.2, -0.15) is 0 Å². The number of aromatic nitrogens is 1. The highest BCUT2D eigenvalue weighted by atomic mass is 32.1. The van der Waals surface area contributed by atoms with Crippen LogP contribution in [-0.4, -0.2) is 51.0 Å². The number of nitrogens with zero attached hydrogens (tertiary/aromatic N) is 2. The van der Waals surface area contributed by atoms with Crippen molar-refractivity contribution in [3.63, 3.8) is 0 Å². The van der Waals surface area contributed by atoms with Crippen LogP contribution in [-0.2, 0) is 20.9 Å². The summed E-state index contributed by atoms with van der Waals surface area (Å²) in [5.41, 5.74) is 3.14. The molecule has 1 aromatic carbocycles. The van der Waals surface area contributed by atoms with Crippen LogP contribution in [0.4, 0.5) is 0 Å². The van der Waals surface area contributed by atoms with E-state index in [1.807, 2.05) is 43.6 Å². The maximum atomic E-state index is 13.3. The van der Waals surface area contributed by atoms with E-state index in [4.69, 9.17) is 0 Å². The highest BCUT2D eigenvalue weighted by Gasteiger charge is 2.53. The lowest BCUT2D eigenvalue weighted by Gasteiger charge is -2.37. The molecule has 172 valence electrons. The Hall–Kier alpha value is -2.78. The van der Waals surface area contributed by atoms with Crippen LogP contribution in [0.1, 0.15) is 50.8 Å². The van der Waals surface area contributed by atoms with Crippen molar-refractivity contribution in [2.24, 2.45) is 0 Å². The highest BCUT2D eigenvalue weighted by Crippen LogP contribution is 2.30. The maximum Gasteiger partial charge on any atom is 0.267 e. The molecule has 9 heteroatoms. The van der Waals surface area contributed by atoms with Crippen molar-refractivity contribution in [1.82, 2.24) is 20.5 Å². The molecule has 3 N–H and O–H groups in total. The van der Waals surface area contributed by atoms with Gasteiger partial charge in [0.1, 0.15) is 0 Å². The predicted octanol–water partition coefficient (Wildman–Crippen LogP) is 2.35. The fourth-order valence-electron chi connectivity index (χ4n) is 3.94. The van der Waals surface area contributed by atoms with E-state index in [0.29, 0.717) is 6.42 Å². The number of aryl methyl sites for hydroxylation is 1. The first kappa shape index (κ1) is 23.9. The van der Waals surface area contributed by atoms with Crippen molar-refractivity contribution in [2.75, 3.05) is 6.54 Å². The van der Waals surface area contributed by atoms with Gasteiger partial charge in [0.15, 0.2) is 5.66 Å². The summed E-state index contributed by atoms with van der Waals surface area (Å²) in [6, 6.07) is 7.81. The van der Waals surface area contributed by atoms with Gasteiger partial charge >= 0.3 is 0 Å². The van der Waals surface area contributed by atoms with Crippen molar-refractivity contribution in [3.8, 4) is 10.4 Å². The Bertz CT molecular complexity index is 975. The second kappa shape index (κ2) is 10.2. The molecule has 2 heterocycles. The minimum Gasteiger partial charge on any atom is -0.391 e. The van der Waals surface area contributed by atoms with E-state index in [9.17, 15) is 19.5 Å². The van der Waals surface area contributed by atoms with Crippen molar-refractivity contribution < 1.29 is 19.5 Å². The summed E-state index contributed by atoms with van der Waals surface area (Å²) < 4.78 is 0. The van der Waals surface area contributed by atoms with Crippen molar-refractivity contribution >= 4 is 29.1 Å². The molecule has 0 bridgehead atoms. The van der Waals surface area contributed by atoms with Crippen LogP contribution in [0.5, 0.6) is 0 Å². The third-order valence-electron chi connectivity index (χ3n) is 5.61. The average molecular weight is 459 g/mol. The molecule has 0 aliphatic carbocycles. The number of β-amino-alcohol motifs (C(OH)–C–C–N with tert-alkyl or cyclic N) is 1. The largest absolute Gasteiger partial charge is 0.391 e. The third kappa shape index (κ3) is 4.99. The predicted molar refractivity (Wildman–Crippen MR) is 123 cm³/mol. The van der Waals surface area contributed by atoms with E-state index in [1.165, 1.54) is 4.90 Å². The lowest BCUT2D eigenvalue weighted by molar-refractivity contribution is -0.150. The topological polar surface area (TPSA) is 112 Å². The van der Waals surface area contributed by atoms with E-state index in [-0.39, 0.29) is 44.2 Å². The number of hydrogen-bond acceptors (Lipinski definition) is 6. The minimum atomic E-state index is -1.58. The lowest BCUT2D eigenvalue weighted by atomic mass is 10.0. The molecule has 3 rings (SSSR count). The fraction of sp³-hybridized carbons (Fsp3) is 0.478. The van der Waals surface area contributed by atoms with Gasteiger partial charge in [0.2, 0.25) is 11.8 Å². The zero-order chi connectivity index (χ0) is 23.3. The number of benzene rings is 1. The van der Waals surface area contributed by atoms with Crippen molar-refractivity contribution in [2.45, 2.75) is 64.8 Å². The molecule has 32 heavy (non-hydrogen) atoms. The molecule has 0 spiro atoms. The van der Waals surface area contributed by atoms with Crippen LogP contribution in [0.15, 0.2) is 29.8 Å². The second-order valence-electron chi connectivity index (χ2n) is 8.02. The van der Waals surface area contributed by atoms with Crippen molar-refractivity contribution in [1.29, 1.82) is 0 Å². The summed E-state index contributed by atoms with van der Waals surface area (Å²) in [6.45, 7) is 5.76. The summed E-state index contributed by atoms with van der Waals surface area (Å²) in [5.74, 6) is -1.12. The molecule has 0 radical (unpaired) electrons. The number of amides is 3. The zero-order valence-corrected chi connectivity index (χ0v) is 19.5. The van der Waals surface area contributed by atoms with Gasteiger partial charge in [-0.25, -0.2) is 4.98 Å². The van der Waals surface area contributed by atoms with Crippen LogP contribution < -0.4 is 10.6 Å². The van der Waals surface area contributed by atoms with Crippen molar-refractivity contribution in [3.05, 3.63) is 41.0 Å². The molecule has 2 aromatic rings. The molecule has 1 aromatic heterocycles. The molecular weight excluding hydrogens is 428 g/mol. The lowest BCUT2D eigenvalue weighted by Crippen LogP contribution is -2.66. The Labute approximate surface area is 192 Å². The van der Waals surface area contributed by atoms with E-state index < -0.39 is 17.7 Å². The van der Waals surface area contributed by atoms with Gasteiger partial charge in [-0.3, -0.25) is 14.4 Å². The molecule has 2 unspecified atom stereocenters. The van der Waals surface area contributed by atoms with Crippen LogP contribution in [0.25, 0.3) is 10.4 Å². The summed E-state index contributed by atoms with van der Waals surface area (Å²) >= 11 is 1.58. The second-order valence-corrected chi connectivity index (χ2v) is 8.88. The normalized spacial score (nSPS) is 20.2. The highest BCUT2D eigenvalue weighted by molar-refractivity contribution is 7.13. The molecule has 8 nitrogen and oxygen atoms in total. The number of nitrogens with one attached hydrogen (secondary N) is 2. The monoisotopic (exact) mass is 458 g/mol. The quantitative estimate of drug-likeness (QED) is 0.562. The van der Waals surface area contributed by atoms with Crippen LogP contribution in [0.2, 0.25) is 0 Å². The number of likely N-dealkylation sites (tertiary alicyclic amines) is 1. The van der Waals surface area contributed by atoms with E-state index in [1.54, 1.807) is 18.3 Å². The van der Waals surface area contributed by atoms with Gasteiger partial charge in [0.25, 0.3) is 5.91 Å². The SMILES string of the molecule is CCCC(=O)N1CC(O)CC1(NC(=O)CC)C(=O)NCc1ccc(-c2scnc2C)cc1. The third-order valence-corrected chi connectivity index (χ3v) is 6.59.